The largest absolute Gasteiger partial charge is 0.338 e. The molecule has 0 atom stereocenters. The highest BCUT2D eigenvalue weighted by Crippen LogP contribution is 2.21. The topological polar surface area (TPSA) is 92.8 Å². The van der Waals surface area contributed by atoms with Crippen molar-refractivity contribution in [2.24, 2.45) is 5.92 Å². The van der Waals surface area contributed by atoms with Gasteiger partial charge in [0.2, 0.25) is 5.89 Å². The number of fused-ring (bicyclic) bond motifs is 1. The summed E-state index contributed by atoms with van der Waals surface area (Å²) >= 11 is 0. The van der Waals surface area contributed by atoms with E-state index in [4.69, 9.17) is 4.52 Å². The van der Waals surface area contributed by atoms with Crippen LogP contribution < -0.4 is 5.69 Å². The van der Waals surface area contributed by atoms with Crippen molar-refractivity contribution >= 4 is 11.2 Å². The van der Waals surface area contributed by atoms with E-state index in [9.17, 15) is 4.79 Å². The van der Waals surface area contributed by atoms with Gasteiger partial charge in [-0.05, 0) is 44.0 Å². The Morgan fingerprint density at radius 1 is 1.35 bits per heavy atom. The third-order valence-electron chi connectivity index (χ3n) is 5.04. The van der Waals surface area contributed by atoms with E-state index in [1.807, 2.05) is 12.1 Å². The van der Waals surface area contributed by atoms with Gasteiger partial charge in [0.15, 0.2) is 11.5 Å². The number of nitrogens with one attached hydrogen (secondary N) is 1. The SMILES string of the molecule is CC(C)c1noc(CN2CCC(Cn3c(=O)[nH]c4cccnc43)CC2)n1. The van der Waals surface area contributed by atoms with Crippen LogP contribution in [0.25, 0.3) is 11.2 Å². The molecule has 3 aromatic rings. The van der Waals surface area contributed by atoms with Gasteiger partial charge in [0.05, 0.1) is 12.1 Å². The van der Waals surface area contributed by atoms with Gasteiger partial charge in [0.25, 0.3) is 0 Å². The lowest BCUT2D eigenvalue weighted by Crippen LogP contribution is -2.35. The van der Waals surface area contributed by atoms with E-state index in [0.717, 1.165) is 42.9 Å². The van der Waals surface area contributed by atoms with Crippen LogP contribution in [0, 0.1) is 5.92 Å². The molecule has 4 heterocycles. The van der Waals surface area contributed by atoms with Gasteiger partial charge in [-0.3, -0.25) is 9.47 Å². The highest BCUT2D eigenvalue weighted by molar-refractivity contribution is 5.69. The van der Waals surface area contributed by atoms with Crippen molar-refractivity contribution < 1.29 is 4.52 Å². The van der Waals surface area contributed by atoms with Crippen LogP contribution in [0.3, 0.4) is 0 Å². The Bertz CT molecular complexity index is 932. The first kappa shape index (κ1) is 17.0. The van der Waals surface area contributed by atoms with Gasteiger partial charge in [0, 0.05) is 18.7 Å². The number of rotatable bonds is 5. The number of hydrogen-bond acceptors (Lipinski definition) is 6. The predicted octanol–water partition coefficient (Wildman–Crippen LogP) is 2.14. The zero-order chi connectivity index (χ0) is 18.1. The highest BCUT2D eigenvalue weighted by atomic mass is 16.5. The molecule has 1 saturated heterocycles. The summed E-state index contributed by atoms with van der Waals surface area (Å²) in [7, 11) is 0. The molecule has 0 aromatic carbocycles. The Balaban J connectivity index is 1.36. The summed E-state index contributed by atoms with van der Waals surface area (Å²) in [5.74, 6) is 2.20. The molecule has 0 unspecified atom stereocenters. The monoisotopic (exact) mass is 356 g/mol. The molecule has 3 aromatic heterocycles. The van der Waals surface area contributed by atoms with E-state index in [-0.39, 0.29) is 11.6 Å². The van der Waals surface area contributed by atoms with Crippen LogP contribution in [0.1, 0.15) is 44.3 Å². The summed E-state index contributed by atoms with van der Waals surface area (Å²) in [6.07, 6.45) is 3.80. The van der Waals surface area contributed by atoms with Crippen molar-refractivity contribution in [2.45, 2.75) is 45.7 Å². The number of H-pyrrole nitrogens is 1. The summed E-state index contributed by atoms with van der Waals surface area (Å²) in [6, 6.07) is 3.72. The molecule has 26 heavy (non-hydrogen) atoms. The van der Waals surface area contributed by atoms with Crippen LogP contribution in [-0.4, -0.2) is 42.7 Å². The number of imidazole rings is 1. The molecule has 8 heteroatoms. The van der Waals surface area contributed by atoms with Crippen LogP contribution in [0.2, 0.25) is 0 Å². The van der Waals surface area contributed by atoms with E-state index in [1.54, 1.807) is 10.8 Å². The van der Waals surface area contributed by atoms with Crippen molar-refractivity contribution in [3.63, 3.8) is 0 Å². The fraction of sp³-hybridized carbons (Fsp3) is 0.556. The van der Waals surface area contributed by atoms with Crippen LogP contribution in [0.15, 0.2) is 27.6 Å². The highest BCUT2D eigenvalue weighted by Gasteiger charge is 2.23. The molecule has 4 rings (SSSR count). The lowest BCUT2D eigenvalue weighted by atomic mass is 9.96. The number of likely N-dealkylation sites (tertiary alicyclic amines) is 1. The lowest BCUT2D eigenvalue weighted by Gasteiger charge is -2.30. The number of nitrogens with zero attached hydrogens (tertiary/aromatic N) is 5. The standard InChI is InChI=1S/C18H24N6O2/c1-12(2)16-21-15(26-22-16)11-23-8-5-13(6-9-23)10-24-17-14(20-18(24)25)4-3-7-19-17/h3-4,7,12-13H,5-6,8-11H2,1-2H3,(H,20,25). The molecule has 1 aliphatic rings. The first-order valence-corrected chi connectivity index (χ1v) is 9.18. The number of aromatic nitrogens is 5. The second-order valence-corrected chi connectivity index (χ2v) is 7.34. The smallest absolute Gasteiger partial charge is 0.327 e. The Morgan fingerprint density at radius 2 is 2.15 bits per heavy atom. The average molecular weight is 356 g/mol. The predicted molar refractivity (Wildman–Crippen MR) is 96.7 cm³/mol. The molecule has 1 N–H and O–H groups in total. The van der Waals surface area contributed by atoms with Crippen LogP contribution in [0.5, 0.6) is 0 Å². The summed E-state index contributed by atoms with van der Waals surface area (Å²) in [4.78, 5) is 26.2. The zero-order valence-corrected chi connectivity index (χ0v) is 15.2. The normalized spacial score (nSPS) is 16.7. The fourth-order valence-corrected chi connectivity index (χ4v) is 3.50. The summed E-state index contributed by atoms with van der Waals surface area (Å²) in [5.41, 5.74) is 1.47. The van der Waals surface area contributed by atoms with Crippen LogP contribution in [0.4, 0.5) is 0 Å². The van der Waals surface area contributed by atoms with E-state index < -0.39 is 0 Å². The molecule has 0 radical (unpaired) electrons. The van der Waals surface area contributed by atoms with Crippen molar-refractivity contribution in [3.8, 4) is 0 Å². The summed E-state index contributed by atoms with van der Waals surface area (Å²) in [5, 5.41) is 4.02. The van der Waals surface area contributed by atoms with Crippen LogP contribution >= 0.6 is 0 Å². The minimum absolute atomic E-state index is 0.0757. The number of pyridine rings is 1. The second-order valence-electron chi connectivity index (χ2n) is 7.34. The van der Waals surface area contributed by atoms with Crippen molar-refractivity contribution in [1.29, 1.82) is 0 Å². The van der Waals surface area contributed by atoms with Gasteiger partial charge in [-0.15, -0.1) is 0 Å². The lowest BCUT2D eigenvalue weighted by molar-refractivity contribution is 0.151. The van der Waals surface area contributed by atoms with Gasteiger partial charge in [0.1, 0.15) is 0 Å². The van der Waals surface area contributed by atoms with Gasteiger partial charge in [-0.1, -0.05) is 19.0 Å². The zero-order valence-electron chi connectivity index (χ0n) is 15.2. The molecule has 0 spiro atoms. The Labute approximate surface area is 151 Å². The van der Waals surface area contributed by atoms with Crippen molar-refractivity contribution in [1.82, 2.24) is 29.6 Å². The average Bonchev–Trinajstić information content (AvgIpc) is 3.22. The minimum atomic E-state index is -0.0757. The number of piperidine rings is 1. The van der Waals surface area contributed by atoms with Gasteiger partial charge < -0.3 is 9.51 Å². The van der Waals surface area contributed by atoms with E-state index in [0.29, 0.717) is 24.9 Å². The minimum Gasteiger partial charge on any atom is -0.338 e. The first-order chi connectivity index (χ1) is 12.6. The Morgan fingerprint density at radius 3 is 2.88 bits per heavy atom. The first-order valence-electron chi connectivity index (χ1n) is 9.18. The van der Waals surface area contributed by atoms with E-state index >= 15 is 0 Å². The molecule has 1 fully saturated rings. The molecule has 8 nitrogen and oxygen atoms in total. The van der Waals surface area contributed by atoms with Crippen molar-refractivity contribution in [3.05, 3.63) is 40.5 Å². The maximum absolute atomic E-state index is 12.2. The molecule has 0 aliphatic carbocycles. The number of hydrogen-bond donors (Lipinski definition) is 1. The molecule has 138 valence electrons. The van der Waals surface area contributed by atoms with Gasteiger partial charge >= 0.3 is 5.69 Å². The molecular weight excluding hydrogens is 332 g/mol. The molecule has 1 aliphatic heterocycles. The molecule has 0 saturated carbocycles. The Hall–Kier alpha value is -2.48. The summed E-state index contributed by atoms with van der Waals surface area (Å²) in [6.45, 7) is 7.45. The quantitative estimate of drug-likeness (QED) is 0.753. The number of aromatic amines is 1. The maximum Gasteiger partial charge on any atom is 0.327 e. The van der Waals surface area contributed by atoms with Gasteiger partial charge in [-0.2, -0.15) is 4.98 Å². The van der Waals surface area contributed by atoms with Crippen LogP contribution in [-0.2, 0) is 13.1 Å². The maximum atomic E-state index is 12.2. The fourth-order valence-electron chi connectivity index (χ4n) is 3.50. The van der Waals surface area contributed by atoms with Crippen molar-refractivity contribution in [2.75, 3.05) is 13.1 Å². The summed E-state index contributed by atoms with van der Waals surface area (Å²) < 4.78 is 7.11. The van der Waals surface area contributed by atoms with E-state index in [2.05, 4.69) is 38.9 Å². The van der Waals surface area contributed by atoms with E-state index in [1.165, 1.54) is 0 Å². The molecule has 0 bridgehead atoms. The molecule has 0 amide bonds. The third-order valence-corrected chi connectivity index (χ3v) is 5.04. The molecular formula is C18H24N6O2. The van der Waals surface area contributed by atoms with Gasteiger partial charge in [-0.25, -0.2) is 9.78 Å². The Kier molecular flexibility index (Phi) is 4.58. The second kappa shape index (κ2) is 7.03. The third kappa shape index (κ3) is 3.41.